The van der Waals surface area contributed by atoms with Crippen LogP contribution in [-0.2, 0) is 12.8 Å². The van der Waals surface area contributed by atoms with Gasteiger partial charge in [0.25, 0.3) is 0 Å². The van der Waals surface area contributed by atoms with Crippen LogP contribution in [0.1, 0.15) is 11.1 Å². The van der Waals surface area contributed by atoms with Crippen molar-refractivity contribution in [3.63, 3.8) is 0 Å². The highest BCUT2D eigenvalue weighted by atomic mass is 14.7. The van der Waals surface area contributed by atoms with Gasteiger partial charge >= 0.3 is 0 Å². The van der Waals surface area contributed by atoms with E-state index in [1.807, 2.05) is 36.4 Å². The van der Waals surface area contributed by atoms with Crippen LogP contribution in [0.15, 0.2) is 36.4 Å². The molecule has 0 spiro atoms. The van der Waals surface area contributed by atoms with Crippen molar-refractivity contribution in [1.29, 1.82) is 10.5 Å². The zero-order valence-corrected chi connectivity index (χ0v) is 10.3. The number of H-pyrrole nitrogens is 1. The summed E-state index contributed by atoms with van der Waals surface area (Å²) in [6, 6.07) is 16.4. The first kappa shape index (κ1) is 11.3. The lowest BCUT2D eigenvalue weighted by molar-refractivity contribution is 1.27. The van der Waals surface area contributed by atoms with Gasteiger partial charge in [0.1, 0.15) is 0 Å². The minimum Gasteiger partial charge on any atom is -0.355 e. The van der Waals surface area contributed by atoms with Crippen LogP contribution >= 0.6 is 0 Å². The van der Waals surface area contributed by atoms with Gasteiger partial charge in [0.2, 0.25) is 0 Å². The molecule has 1 aromatic heterocycles. The molecule has 0 atom stereocenters. The normalized spacial score (nSPS) is 10.4. The van der Waals surface area contributed by atoms with Crippen LogP contribution in [0.3, 0.4) is 0 Å². The molecule has 1 heterocycles. The number of rotatable bonds is 2. The minimum absolute atomic E-state index is 0.417. The van der Waals surface area contributed by atoms with Crippen molar-refractivity contribution in [2.45, 2.75) is 12.8 Å². The molecule has 0 bridgehead atoms. The molecule has 3 nitrogen and oxygen atoms in total. The minimum atomic E-state index is 0.417. The molecule has 3 heteroatoms. The SMILES string of the molecule is N#CCc1ccc2[nH]c3ccc(CC#N)cc3c2c1. The first-order chi connectivity index (χ1) is 9.31. The molecule has 0 aliphatic rings. The van der Waals surface area contributed by atoms with Gasteiger partial charge in [0.15, 0.2) is 0 Å². The van der Waals surface area contributed by atoms with Gasteiger partial charge in [-0.15, -0.1) is 0 Å². The second-order valence-corrected chi connectivity index (χ2v) is 4.55. The van der Waals surface area contributed by atoms with E-state index in [-0.39, 0.29) is 0 Å². The Kier molecular flexibility index (Phi) is 2.67. The van der Waals surface area contributed by atoms with Gasteiger partial charge in [-0.1, -0.05) is 12.1 Å². The number of nitrogens with zero attached hydrogens (tertiary/aromatic N) is 2. The Morgan fingerprint density at radius 3 is 1.68 bits per heavy atom. The Balaban J connectivity index is 2.26. The molecule has 3 aromatic rings. The van der Waals surface area contributed by atoms with Gasteiger partial charge in [-0.25, -0.2) is 0 Å². The summed E-state index contributed by atoms with van der Waals surface area (Å²) >= 11 is 0. The molecule has 0 aliphatic heterocycles. The molecule has 19 heavy (non-hydrogen) atoms. The molecule has 0 radical (unpaired) electrons. The summed E-state index contributed by atoms with van der Waals surface area (Å²) in [5.41, 5.74) is 4.15. The third-order valence-electron chi connectivity index (χ3n) is 3.29. The molecule has 90 valence electrons. The van der Waals surface area contributed by atoms with E-state index in [9.17, 15) is 0 Å². The number of aromatic amines is 1. The van der Waals surface area contributed by atoms with Crippen molar-refractivity contribution in [2.24, 2.45) is 0 Å². The van der Waals surface area contributed by atoms with Crippen molar-refractivity contribution in [3.05, 3.63) is 47.5 Å². The van der Waals surface area contributed by atoms with Crippen LogP contribution < -0.4 is 0 Å². The zero-order chi connectivity index (χ0) is 13.2. The molecule has 0 saturated carbocycles. The first-order valence-electron chi connectivity index (χ1n) is 6.09. The van der Waals surface area contributed by atoms with Gasteiger partial charge in [0.05, 0.1) is 25.0 Å². The average molecular weight is 245 g/mol. The fourth-order valence-corrected chi connectivity index (χ4v) is 2.39. The number of nitrogens with one attached hydrogen (secondary N) is 1. The predicted octanol–water partition coefficient (Wildman–Crippen LogP) is 3.45. The van der Waals surface area contributed by atoms with Crippen molar-refractivity contribution in [1.82, 2.24) is 4.98 Å². The lowest BCUT2D eigenvalue weighted by Gasteiger charge is -1.97. The summed E-state index contributed by atoms with van der Waals surface area (Å²) < 4.78 is 0. The lowest BCUT2D eigenvalue weighted by Crippen LogP contribution is -1.81. The maximum Gasteiger partial charge on any atom is 0.0669 e. The largest absolute Gasteiger partial charge is 0.355 e. The van der Waals surface area contributed by atoms with Crippen LogP contribution in [0.25, 0.3) is 21.8 Å². The summed E-state index contributed by atoms with van der Waals surface area (Å²) in [7, 11) is 0. The van der Waals surface area contributed by atoms with E-state index in [2.05, 4.69) is 17.1 Å². The molecular formula is C16H11N3. The van der Waals surface area contributed by atoms with Crippen LogP contribution in [-0.4, -0.2) is 4.98 Å². The fraction of sp³-hybridized carbons (Fsp3) is 0.125. The van der Waals surface area contributed by atoms with Gasteiger partial charge in [-0.05, 0) is 35.4 Å². The number of hydrogen-bond donors (Lipinski definition) is 1. The van der Waals surface area contributed by atoms with Crippen molar-refractivity contribution < 1.29 is 0 Å². The van der Waals surface area contributed by atoms with E-state index in [1.165, 1.54) is 0 Å². The maximum atomic E-state index is 8.78. The molecule has 0 aliphatic carbocycles. The van der Waals surface area contributed by atoms with Gasteiger partial charge in [-0.2, -0.15) is 10.5 Å². The van der Waals surface area contributed by atoms with Crippen LogP contribution in [0.4, 0.5) is 0 Å². The Labute approximate surface area is 110 Å². The number of hydrogen-bond acceptors (Lipinski definition) is 2. The Bertz CT molecular complexity index is 774. The summed E-state index contributed by atoms with van der Waals surface area (Å²) in [6.45, 7) is 0. The van der Waals surface area contributed by atoms with Crippen LogP contribution in [0.2, 0.25) is 0 Å². The summed E-state index contributed by atoms with van der Waals surface area (Å²) in [4.78, 5) is 3.35. The predicted molar refractivity (Wildman–Crippen MR) is 74.4 cm³/mol. The van der Waals surface area contributed by atoms with Crippen molar-refractivity contribution >= 4 is 21.8 Å². The van der Waals surface area contributed by atoms with E-state index in [0.717, 1.165) is 32.9 Å². The maximum absolute atomic E-state index is 8.78. The van der Waals surface area contributed by atoms with E-state index < -0.39 is 0 Å². The first-order valence-corrected chi connectivity index (χ1v) is 6.09. The molecule has 2 aromatic carbocycles. The molecule has 0 unspecified atom stereocenters. The number of fused-ring (bicyclic) bond motifs is 3. The average Bonchev–Trinajstić information content (AvgIpc) is 2.77. The van der Waals surface area contributed by atoms with E-state index in [4.69, 9.17) is 10.5 Å². The van der Waals surface area contributed by atoms with Crippen molar-refractivity contribution in [3.8, 4) is 12.1 Å². The number of benzene rings is 2. The standard InChI is InChI=1S/C16H11N3/c17-7-5-11-1-3-15-13(9-11)14-10-12(6-8-18)2-4-16(14)19-15/h1-4,9-10,19H,5-6H2. The summed E-state index contributed by atoms with van der Waals surface area (Å²) in [6.07, 6.45) is 0.834. The summed E-state index contributed by atoms with van der Waals surface area (Å²) in [5, 5.41) is 19.8. The molecule has 0 fully saturated rings. The second kappa shape index (κ2) is 4.48. The van der Waals surface area contributed by atoms with Crippen molar-refractivity contribution in [2.75, 3.05) is 0 Å². The topological polar surface area (TPSA) is 63.4 Å². The highest BCUT2D eigenvalue weighted by Crippen LogP contribution is 2.27. The van der Waals surface area contributed by atoms with Gasteiger partial charge < -0.3 is 4.98 Å². The molecule has 3 rings (SSSR count). The number of aromatic nitrogens is 1. The quantitative estimate of drug-likeness (QED) is 0.751. The Hall–Kier alpha value is -2.78. The Morgan fingerprint density at radius 2 is 1.26 bits per heavy atom. The lowest BCUT2D eigenvalue weighted by atomic mass is 10.1. The van der Waals surface area contributed by atoms with Crippen LogP contribution in [0, 0.1) is 22.7 Å². The van der Waals surface area contributed by atoms with E-state index in [0.29, 0.717) is 12.8 Å². The third kappa shape index (κ3) is 1.92. The zero-order valence-electron chi connectivity index (χ0n) is 10.3. The van der Waals surface area contributed by atoms with E-state index in [1.54, 1.807) is 0 Å². The molecule has 0 amide bonds. The van der Waals surface area contributed by atoms with Crippen LogP contribution in [0.5, 0.6) is 0 Å². The highest BCUT2D eigenvalue weighted by Gasteiger charge is 2.06. The molecular weight excluding hydrogens is 234 g/mol. The molecule has 1 N–H and O–H groups in total. The highest BCUT2D eigenvalue weighted by molar-refractivity contribution is 6.07. The monoisotopic (exact) mass is 245 g/mol. The third-order valence-corrected chi connectivity index (χ3v) is 3.29. The Morgan fingerprint density at radius 1 is 0.789 bits per heavy atom. The number of nitriles is 2. The fourth-order valence-electron chi connectivity index (χ4n) is 2.39. The smallest absolute Gasteiger partial charge is 0.0669 e. The molecule has 0 saturated heterocycles. The van der Waals surface area contributed by atoms with Gasteiger partial charge in [-0.3, -0.25) is 0 Å². The van der Waals surface area contributed by atoms with Gasteiger partial charge in [0, 0.05) is 21.8 Å². The summed E-state index contributed by atoms with van der Waals surface area (Å²) in [5.74, 6) is 0. The second-order valence-electron chi connectivity index (χ2n) is 4.55. The van der Waals surface area contributed by atoms with E-state index >= 15 is 0 Å².